The number of carbonyl (C=O) groups excluding carboxylic acids is 1. The first-order valence-corrected chi connectivity index (χ1v) is 11.4. The molecule has 0 radical (unpaired) electrons. The van der Waals surface area contributed by atoms with Crippen molar-refractivity contribution in [1.82, 2.24) is 0 Å². The molecule has 1 saturated carbocycles. The van der Waals surface area contributed by atoms with E-state index in [0.717, 1.165) is 31.2 Å². The molecule has 0 heterocycles. The molecule has 1 aliphatic carbocycles. The van der Waals surface area contributed by atoms with Crippen molar-refractivity contribution in [1.29, 1.82) is 0 Å². The Kier molecular flexibility index (Phi) is 8.23. The average molecular weight is 409 g/mol. The van der Waals surface area contributed by atoms with Crippen LogP contribution in [0, 0.1) is 11.3 Å². The summed E-state index contributed by atoms with van der Waals surface area (Å²) in [5, 5.41) is 8.35. The number of rotatable bonds is 8. The normalized spacial score (nSPS) is 22.2. The molecule has 0 aromatic heterocycles. The molecule has 28 heavy (non-hydrogen) atoms. The standard InChI is InChI=1S/C22H32O5S/c1-22(2,3)17-10-12-18(13-11-17)27-20(23)15-28(26)19(21(24)25)14-9-16-7-5-4-6-8-16/h4-8,17-19H,9-15H2,1-3H3,(H,24,25). The molecule has 0 amide bonds. The highest BCUT2D eigenvalue weighted by Gasteiger charge is 2.32. The molecule has 1 aromatic rings. The highest BCUT2D eigenvalue weighted by Crippen LogP contribution is 2.38. The van der Waals surface area contributed by atoms with Gasteiger partial charge in [-0.3, -0.25) is 13.8 Å². The number of esters is 1. The number of hydrogen-bond acceptors (Lipinski definition) is 4. The van der Waals surface area contributed by atoms with Crippen molar-refractivity contribution in [3.05, 3.63) is 35.9 Å². The molecule has 5 nitrogen and oxygen atoms in total. The molecule has 1 N–H and O–H groups in total. The third kappa shape index (κ3) is 7.04. The average Bonchev–Trinajstić information content (AvgIpc) is 2.62. The molecular weight excluding hydrogens is 376 g/mol. The molecule has 156 valence electrons. The van der Waals surface area contributed by atoms with Gasteiger partial charge in [0.1, 0.15) is 17.1 Å². The lowest BCUT2D eigenvalue weighted by Gasteiger charge is -2.36. The number of hydrogen-bond donors (Lipinski definition) is 1. The molecule has 1 fully saturated rings. The minimum Gasteiger partial charge on any atom is -0.480 e. The first kappa shape index (κ1) is 22.6. The number of carboxylic acid groups (broad SMARTS) is 1. The minimum absolute atomic E-state index is 0.143. The summed E-state index contributed by atoms with van der Waals surface area (Å²) in [6.07, 6.45) is 4.26. The summed E-state index contributed by atoms with van der Waals surface area (Å²) in [4.78, 5) is 23.7. The summed E-state index contributed by atoms with van der Waals surface area (Å²) in [5.41, 5.74) is 1.24. The predicted octanol–water partition coefficient (Wildman–Crippen LogP) is 3.97. The molecule has 1 aliphatic rings. The number of aliphatic carboxylic acids is 1. The van der Waals surface area contributed by atoms with E-state index in [4.69, 9.17) is 4.74 Å². The van der Waals surface area contributed by atoms with Gasteiger partial charge >= 0.3 is 11.9 Å². The fourth-order valence-electron chi connectivity index (χ4n) is 3.79. The van der Waals surface area contributed by atoms with Gasteiger partial charge in [-0.15, -0.1) is 0 Å². The van der Waals surface area contributed by atoms with Crippen LogP contribution >= 0.6 is 0 Å². The van der Waals surface area contributed by atoms with Gasteiger partial charge in [0, 0.05) is 10.8 Å². The maximum absolute atomic E-state index is 12.5. The Morgan fingerprint density at radius 2 is 1.75 bits per heavy atom. The Morgan fingerprint density at radius 3 is 2.29 bits per heavy atom. The van der Waals surface area contributed by atoms with Gasteiger partial charge < -0.3 is 9.84 Å². The second-order valence-electron chi connectivity index (χ2n) is 8.71. The number of aryl methyl sites for hydroxylation is 1. The Morgan fingerprint density at radius 1 is 1.14 bits per heavy atom. The summed E-state index contributed by atoms with van der Waals surface area (Å²) >= 11 is 0. The number of benzene rings is 1. The maximum atomic E-state index is 12.5. The summed E-state index contributed by atoms with van der Waals surface area (Å²) in [7, 11) is -1.79. The number of carbonyl (C=O) groups is 2. The van der Waals surface area contributed by atoms with Gasteiger partial charge in [-0.2, -0.15) is 0 Å². The third-order valence-electron chi connectivity index (χ3n) is 5.59. The molecular formula is C22H32O5S. The van der Waals surface area contributed by atoms with Crippen LogP contribution in [0.5, 0.6) is 0 Å². The predicted molar refractivity (Wildman–Crippen MR) is 110 cm³/mol. The SMILES string of the molecule is CC(C)(C)C1CCC(OC(=O)CS(=O)C(CCc2ccccc2)C(=O)O)CC1. The number of ether oxygens (including phenoxy) is 1. The Labute approximate surface area is 170 Å². The van der Waals surface area contributed by atoms with Gasteiger partial charge in [-0.05, 0) is 55.4 Å². The Balaban J connectivity index is 1.81. The van der Waals surface area contributed by atoms with Crippen LogP contribution in [0.2, 0.25) is 0 Å². The first-order chi connectivity index (χ1) is 13.2. The summed E-state index contributed by atoms with van der Waals surface area (Å²) in [6, 6.07) is 9.47. The van der Waals surface area contributed by atoms with Crippen molar-refractivity contribution in [2.45, 2.75) is 70.7 Å². The molecule has 2 atom stereocenters. The monoisotopic (exact) mass is 408 g/mol. The summed E-state index contributed by atoms with van der Waals surface area (Å²) in [6.45, 7) is 6.69. The van der Waals surface area contributed by atoms with Crippen LogP contribution in [0.3, 0.4) is 0 Å². The molecule has 1 aromatic carbocycles. The second kappa shape index (κ2) is 10.2. The zero-order valence-corrected chi connectivity index (χ0v) is 17.9. The van der Waals surface area contributed by atoms with Crippen molar-refractivity contribution in [3.63, 3.8) is 0 Å². The van der Waals surface area contributed by atoms with Crippen molar-refractivity contribution >= 4 is 22.7 Å². The first-order valence-electron chi connectivity index (χ1n) is 10.00. The smallest absolute Gasteiger partial charge is 0.319 e. The van der Waals surface area contributed by atoms with E-state index < -0.39 is 28.0 Å². The van der Waals surface area contributed by atoms with E-state index >= 15 is 0 Å². The van der Waals surface area contributed by atoms with Gasteiger partial charge in [0.15, 0.2) is 0 Å². The van der Waals surface area contributed by atoms with Crippen LogP contribution in [-0.4, -0.2) is 38.4 Å². The second-order valence-corrected chi connectivity index (χ2v) is 10.3. The summed E-state index contributed by atoms with van der Waals surface area (Å²) < 4.78 is 18.0. The molecule has 0 saturated heterocycles. The van der Waals surface area contributed by atoms with Crippen LogP contribution in [-0.2, 0) is 31.5 Å². The highest BCUT2D eigenvalue weighted by atomic mass is 32.2. The van der Waals surface area contributed by atoms with Crippen LogP contribution in [0.15, 0.2) is 30.3 Å². The van der Waals surface area contributed by atoms with E-state index in [1.807, 2.05) is 30.3 Å². The number of carboxylic acids is 1. The molecule has 0 spiro atoms. The molecule has 2 unspecified atom stereocenters. The van der Waals surface area contributed by atoms with Gasteiger partial charge in [0.05, 0.1) is 0 Å². The van der Waals surface area contributed by atoms with Gasteiger partial charge in [0.2, 0.25) is 0 Å². The highest BCUT2D eigenvalue weighted by molar-refractivity contribution is 7.87. The lowest BCUT2D eigenvalue weighted by molar-refractivity contribution is -0.148. The quantitative estimate of drug-likeness (QED) is 0.658. The van der Waals surface area contributed by atoms with Crippen LogP contribution in [0.4, 0.5) is 0 Å². The van der Waals surface area contributed by atoms with E-state index in [9.17, 15) is 18.9 Å². The molecule has 2 rings (SSSR count). The molecule has 0 bridgehead atoms. The van der Waals surface area contributed by atoms with E-state index in [1.165, 1.54) is 0 Å². The van der Waals surface area contributed by atoms with Crippen molar-refractivity contribution in [2.24, 2.45) is 11.3 Å². The lowest BCUT2D eigenvalue weighted by atomic mass is 9.72. The third-order valence-corrected chi connectivity index (χ3v) is 7.18. The largest absolute Gasteiger partial charge is 0.480 e. The minimum atomic E-state index is -1.79. The van der Waals surface area contributed by atoms with Crippen molar-refractivity contribution < 1.29 is 23.6 Å². The Bertz CT molecular complexity index is 672. The van der Waals surface area contributed by atoms with Crippen molar-refractivity contribution in [2.75, 3.05) is 5.75 Å². The topological polar surface area (TPSA) is 80.7 Å². The van der Waals surface area contributed by atoms with Gasteiger partial charge in [0.25, 0.3) is 0 Å². The maximum Gasteiger partial charge on any atom is 0.319 e. The van der Waals surface area contributed by atoms with Crippen molar-refractivity contribution in [3.8, 4) is 0 Å². The zero-order valence-electron chi connectivity index (χ0n) is 17.1. The summed E-state index contributed by atoms with van der Waals surface area (Å²) in [5.74, 6) is -1.42. The van der Waals surface area contributed by atoms with Crippen LogP contribution in [0.25, 0.3) is 0 Å². The van der Waals surface area contributed by atoms with E-state index in [-0.39, 0.29) is 23.7 Å². The zero-order chi connectivity index (χ0) is 20.7. The van der Waals surface area contributed by atoms with E-state index in [2.05, 4.69) is 20.8 Å². The van der Waals surface area contributed by atoms with E-state index in [0.29, 0.717) is 12.3 Å². The van der Waals surface area contributed by atoms with Crippen LogP contribution in [0.1, 0.15) is 58.4 Å². The van der Waals surface area contributed by atoms with E-state index in [1.54, 1.807) is 0 Å². The lowest BCUT2D eigenvalue weighted by Crippen LogP contribution is -2.34. The fraction of sp³-hybridized carbons (Fsp3) is 0.636. The molecule has 6 heteroatoms. The van der Waals surface area contributed by atoms with Gasteiger partial charge in [-0.1, -0.05) is 51.1 Å². The molecule has 0 aliphatic heterocycles. The van der Waals surface area contributed by atoms with Gasteiger partial charge in [-0.25, -0.2) is 0 Å². The fourth-order valence-corrected chi connectivity index (χ4v) is 4.90. The Hall–Kier alpha value is -1.69. The van der Waals surface area contributed by atoms with Crippen LogP contribution < -0.4 is 0 Å².